The lowest BCUT2D eigenvalue weighted by Gasteiger charge is -2.26. The minimum absolute atomic E-state index is 0.0246. The number of ether oxygens (including phenoxy) is 2. The lowest BCUT2D eigenvalue weighted by molar-refractivity contribution is 0.0682. The minimum atomic E-state index is -0.0246. The molecule has 4 aromatic rings. The van der Waals surface area contributed by atoms with Crippen LogP contribution in [0.25, 0.3) is 21.7 Å². The maximum atomic E-state index is 13.7. The van der Waals surface area contributed by atoms with Gasteiger partial charge in [0.15, 0.2) is 0 Å². The number of rotatable bonds is 8. The SMILES string of the molecule is COCCN(Cc1cc2ccc(OC)cc2nc1N(C)C)C(=O)c1cccc2ccccc12. The maximum Gasteiger partial charge on any atom is 0.254 e. The van der Waals surface area contributed by atoms with Crippen LogP contribution < -0.4 is 9.64 Å². The molecule has 1 amide bonds. The van der Waals surface area contributed by atoms with Crippen LogP contribution in [0.5, 0.6) is 5.75 Å². The van der Waals surface area contributed by atoms with Gasteiger partial charge in [-0.1, -0.05) is 36.4 Å². The van der Waals surface area contributed by atoms with Gasteiger partial charge >= 0.3 is 0 Å². The van der Waals surface area contributed by atoms with Crippen molar-refractivity contribution < 1.29 is 14.3 Å². The molecule has 0 unspecified atom stereocenters. The molecule has 0 spiro atoms. The molecule has 1 aromatic heterocycles. The van der Waals surface area contributed by atoms with Crippen LogP contribution in [0.4, 0.5) is 5.82 Å². The number of carbonyl (C=O) groups is 1. The predicted octanol–water partition coefficient (Wildman–Crippen LogP) is 4.75. The van der Waals surface area contributed by atoms with E-state index < -0.39 is 0 Å². The summed E-state index contributed by atoms with van der Waals surface area (Å²) in [6.07, 6.45) is 0. The van der Waals surface area contributed by atoms with Gasteiger partial charge < -0.3 is 19.3 Å². The van der Waals surface area contributed by atoms with Crippen LogP contribution in [0.1, 0.15) is 15.9 Å². The summed E-state index contributed by atoms with van der Waals surface area (Å²) < 4.78 is 10.7. The maximum absolute atomic E-state index is 13.7. The zero-order valence-electron chi connectivity index (χ0n) is 19.5. The van der Waals surface area contributed by atoms with Crippen LogP contribution >= 0.6 is 0 Å². The van der Waals surface area contributed by atoms with Crippen molar-refractivity contribution in [2.24, 2.45) is 0 Å². The zero-order valence-corrected chi connectivity index (χ0v) is 19.5. The number of carbonyl (C=O) groups excluding carboxylic acids is 1. The van der Waals surface area contributed by atoms with E-state index in [1.807, 2.05) is 84.6 Å². The largest absolute Gasteiger partial charge is 0.497 e. The third kappa shape index (κ3) is 4.76. The average Bonchev–Trinajstić information content (AvgIpc) is 2.84. The molecule has 0 aliphatic carbocycles. The van der Waals surface area contributed by atoms with Gasteiger partial charge in [-0.15, -0.1) is 0 Å². The first-order valence-electron chi connectivity index (χ1n) is 10.9. The average molecular weight is 444 g/mol. The Balaban J connectivity index is 1.75. The van der Waals surface area contributed by atoms with E-state index in [1.54, 1.807) is 14.2 Å². The summed E-state index contributed by atoms with van der Waals surface area (Å²) in [5.74, 6) is 1.56. The van der Waals surface area contributed by atoms with E-state index >= 15 is 0 Å². The fraction of sp³-hybridized carbons (Fsp3) is 0.259. The van der Waals surface area contributed by atoms with E-state index in [-0.39, 0.29) is 5.91 Å². The highest BCUT2D eigenvalue weighted by molar-refractivity contribution is 6.07. The predicted molar refractivity (Wildman–Crippen MR) is 133 cm³/mol. The number of fused-ring (bicyclic) bond motifs is 2. The summed E-state index contributed by atoms with van der Waals surface area (Å²) in [4.78, 5) is 22.4. The number of benzene rings is 3. The molecule has 0 radical (unpaired) electrons. The minimum Gasteiger partial charge on any atom is -0.497 e. The molecule has 0 N–H and O–H groups in total. The fourth-order valence-corrected chi connectivity index (χ4v) is 4.05. The highest BCUT2D eigenvalue weighted by atomic mass is 16.5. The third-order valence-corrected chi connectivity index (χ3v) is 5.74. The van der Waals surface area contributed by atoms with Crippen molar-refractivity contribution in [1.82, 2.24) is 9.88 Å². The molecule has 33 heavy (non-hydrogen) atoms. The number of pyridine rings is 1. The monoisotopic (exact) mass is 443 g/mol. The van der Waals surface area contributed by atoms with Crippen molar-refractivity contribution in [3.63, 3.8) is 0 Å². The van der Waals surface area contributed by atoms with Crippen molar-refractivity contribution in [2.45, 2.75) is 6.54 Å². The van der Waals surface area contributed by atoms with Gasteiger partial charge in [0.2, 0.25) is 0 Å². The lowest BCUT2D eigenvalue weighted by Crippen LogP contribution is -2.34. The van der Waals surface area contributed by atoms with Gasteiger partial charge in [0.25, 0.3) is 5.91 Å². The van der Waals surface area contributed by atoms with Crippen molar-refractivity contribution >= 4 is 33.4 Å². The Labute approximate surface area is 194 Å². The highest BCUT2D eigenvalue weighted by Crippen LogP contribution is 2.28. The van der Waals surface area contributed by atoms with Gasteiger partial charge in [-0.25, -0.2) is 4.98 Å². The molecule has 4 rings (SSSR count). The molecule has 0 saturated heterocycles. The summed E-state index contributed by atoms with van der Waals surface area (Å²) in [5, 5.41) is 3.00. The summed E-state index contributed by atoms with van der Waals surface area (Å²) in [7, 11) is 7.22. The molecular weight excluding hydrogens is 414 g/mol. The Hall–Kier alpha value is -3.64. The van der Waals surface area contributed by atoms with E-state index in [0.29, 0.717) is 25.3 Å². The Morgan fingerprint density at radius 3 is 2.48 bits per heavy atom. The molecular formula is C27H29N3O3. The second-order valence-corrected chi connectivity index (χ2v) is 8.17. The van der Waals surface area contributed by atoms with Gasteiger partial charge in [0.1, 0.15) is 11.6 Å². The number of nitrogens with zero attached hydrogens (tertiary/aromatic N) is 3. The second kappa shape index (κ2) is 9.88. The molecule has 6 nitrogen and oxygen atoms in total. The van der Waals surface area contributed by atoms with Crippen LogP contribution in [-0.4, -0.2) is 57.3 Å². The van der Waals surface area contributed by atoms with Crippen LogP contribution in [0.2, 0.25) is 0 Å². The molecule has 3 aromatic carbocycles. The Bertz CT molecular complexity index is 1280. The van der Waals surface area contributed by atoms with Crippen molar-refractivity contribution in [1.29, 1.82) is 0 Å². The standard InChI is InChI=1S/C27H29N3O3/c1-29(2)26-21(16-20-12-13-22(33-4)17-25(20)28-26)18-30(14-15-32-3)27(31)24-11-7-9-19-8-5-6-10-23(19)24/h5-13,16-17H,14-15,18H2,1-4H3. The van der Waals surface area contributed by atoms with E-state index in [1.165, 1.54) is 0 Å². The van der Waals surface area contributed by atoms with Crippen molar-refractivity contribution in [3.8, 4) is 5.75 Å². The van der Waals surface area contributed by atoms with Crippen LogP contribution in [-0.2, 0) is 11.3 Å². The third-order valence-electron chi connectivity index (χ3n) is 5.74. The molecule has 6 heteroatoms. The first-order chi connectivity index (χ1) is 16.0. The molecule has 0 saturated carbocycles. The van der Waals surface area contributed by atoms with Gasteiger partial charge in [0, 0.05) is 56.9 Å². The van der Waals surface area contributed by atoms with Gasteiger partial charge in [-0.3, -0.25) is 4.79 Å². The summed E-state index contributed by atoms with van der Waals surface area (Å²) in [6.45, 7) is 1.35. The second-order valence-electron chi connectivity index (χ2n) is 8.17. The highest BCUT2D eigenvalue weighted by Gasteiger charge is 2.21. The molecule has 170 valence electrons. The lowest BCUT2D eigenvalue weighted by atomic mass is 10.0. The number of anilines is 1. The van der Waals surface area contributed by atoms with Crippen LogP contribution in [0.3, 0.4) is 0 Å². The summed E-state index contributed by atoms with van der Waals surface area (Å²) >= 11 is 0. The first kappa shape index (κ1) is 22.6. The molecule has 0 atom stereocenters. The van der Waals surface area contributed by atoms with Gasteiger partial charge in [0.05, 0.1) is 19.2 Å². The molecule has 1 heterocycles. The normalized spacial score (nSPS) is 11.0. The number of aromatic nitrogens is 1. The fourth-order valence-electron chi connectivity index (χ4n) is 4.05. The molecule has 0 aliphatic rings. The van der Waals surface area contributed by atoms with E-state index in [0.717, 1.165) is 38.8 Å². The van der Waals surface area contributed by atoms with Gasteiger partial charge in [-0.05, 0) is 35.0 Å². The molecule has 0 fully saturated rings. The van der Waals surface area contributed by atoms with Gasteiger partial charge in [-0.2, -0.15) is 0 Å². The summed E-state index contributed by atoms with van der Waals surface area (Å²) in [5.41, 5.74) is 2.52. The number of hydrogen-bond acceptors (Lipinski definition) is 5. The zero-order chi connectivity index (χ0) is 23.4. The number of hydrogen-bond donors (Lipinski definition) is 0. The summed E-state index contributed by atoms with van der Waals surface area (Å²) in [6, 6.07) is 21.8. The molecule has 0 bridgehead atoms. The number of methoxy groups -OCH3 is 2. The first-order valence-corrected chi connectivity index (χ1v) is 10.9. The van der Waals surface area contributed by atoms with E-state index in [9.17, 15) is 4.79 Å². The molecule has 0 aliphatic heterocycles. The van der Waals surface area contributed by atoms with Crippen LogP contribution in [0, 0.1) is 0 Å². The quantitative estimate of drug-likeness (QED) is 0.393. The van der Waals surface area contributed by atoms with Crippen molar-refractivity contribution in [3.05, 3.63) is 77.9 Å². The van der Waals surface area contributed by atoms with E-state index in [4.69, 9.17) is 14.5 Å². The Morgan fingerprint density at radius 1 is 0.939 bits per heavy atom. The smallest absolute Gasteiger partial charge is 0.254 e. The topological polar surface area (TPSA) is 54.9 Å². The Morgan fingerprint density at radius 2 is 1.73 bits per heavy atom. The Kier molecular flexibility index (Phi) is 6.75. The van der Waals surface area contributed by atoms with E-state index in [2.05, 4.69) is 6.07 Å². The van der Waals surface area contributed by atoms with Crippen molar-refractivity contribution in [2.75, 3.05) is 46.4 Å². The van der Waals surface area contributed by atoms with Crippen LogP contribution in [0.15, 0.2) is 66.7 Å². The number of amides is 1.